The molecular formula is C14H27N7O5S. The Morgan fingerprint density at radius 3 is 2.22 bits per heavy atom. The van der Waals surface area contributed by atoms with E-state index in [9.17, 15) is 19.2 Å². The molecule has 0 bridgehead atoms. The Morgan fingerprint density at radius 1 is 1.11 bits per heavy atom. The fourth-order valence-electron chi connectivity index (χ4n) is 1.80. The summed E-state index contributed by atoms with van der Waals surface area (Å²) in [4.78, 5) is 50.5. The van der Waals surface area contributed by atoms with Gasteiger partial charge in [-0.1, -0.05) is 0 Å². The van der Waals surface area contributed by atoms with Gasteiger partial charge in [-0.3, -0.25) is 19.4 Å². The summed E-state index contributed by atoms with van der Waals surface area (Å²) in [5.41, 5.74) is 15.8. The Bertz CT molecular complexity index is 566. The summed E-state index contributed by atoms with van der Waals surface area (Å²) >= 11 is 3.86. The van der Waals surface area contributed by atoms with Crippen LogP contribution in [0, 0.1) is 0 Å². The van der Waals surface area contributed by atoms with Gasteiger partial charge in [0.1, 0.15) is 12.1 Å². The van der Waals surface area contributed by atoms with Crippen LogP contribution in [-0.2, 0) is 19.2 Å². The molecule has 0 radical (unpaired) electrons. The lowest BCUT2D eigenvalue weighted by Gasteiger charge is -2.21. The number of carbonyl (C=O) groups is 4. The largest absolute Gasteiger partial charge is 0.480 e. The van der Waals surface area contributed by atoms with E-state index in [0.717, 1.165) is 0 Å². The van der Waals surface area contributed by atoms with Crippen LogP contribution in [0.15, 0.2) is 4.99 Å². The third-order valence-electron chi connectivity index (χ3n) is 3.23. The Labute approximate surface area is 162 Å². The van der Waals surface area contributed by atoms with Crippen molar-refractivity contribution in [2.75, 3.05) is 18.8 Å². The van der Waals surface area contributed by atoms with Gasteiger partial charge < -0.3 is 38.3 Å². The molecule has 0 fully saturated rings. The van der Waals surface area contributed by atoms with Crippen LogP contribution in [0.4, 0.5) is 0 Å². The zero-order chi connectivity index (χ0) is 21.0. The number of aliphatic carboxylic acids is 1. The molecule has 154 valence electrons. The van der Waals surface area contributed by atoms with Crippen molar-refractivity contribution >= 4 is 42.3 Å². The summed E-state index contributed by atoms with van der Waals surface area (Å²) < 4.78 is 0. The monoisotopic (exact) mass is 405 g/mol. The van der Waals surface area contributed by atoms with Gasteiger partial charge in [0.15, 0.2) is 5.96 Å². The van der Waals surface area contributed by atoms with Crippen LogP contribution in [-0.4, -0.2) is 71.7 Å². The van der Waals surface area contributed by atoms with E-state index < -0.39 is 41.8 Å². The van der Waals surface area contributed by atoms with E-state index in [1.54, 1.807) is 0 Å². The molecule has 3 amide bonds. The highest BCUT2D eigenvalue weighted by Gasteiger charge is 2.25. The predicted octanol–water partition coefficient (Wildman–Crippen LogP) is -3.51. The van der Waals surface area contributed by atoms with Gasteiger partial charge >= 0.3 is 5.97 Å². The van der Waals surface area contributed by atoms with Crippen molar-refractivity contribution in [1.29, 1.82) is 0 Å². The highest BCUT2D eigenvalue weighted by molar-refractivity contribution is 7.80. The minimum Gasteiger partial charge on any atom is -0.480 e. The van der Waals surface area contributed by atoms with E-state index >= 15 is 0 Å². The van der Waals surface area contributed by atoms with Crippen LogP contribution in [0.2, 0.25) is 0 Å². The highest BCUT2D eigenvalue weighted by atomic mass is 32.1. The zero-order valence-corrected chi connectivity index (χ0v) is 15.9. The first kappa shape index (κ1) is 24.5. The molecule has 0 aromatic carbocycles. The number of hydrogen-bond acceptors (Lipinski definition) is 7. The number of hydrogen-bond donors (Lipinski definition) is 8. The maximum absolute atomic E-state index is 12.3. The highest BCUT2D eigenvalue weighted by Crippen LogP contribution is 2.01. The lowest BCUT2D eigenvalue weighted by Crippen LogP contribution is -2.54. The van der Waals surface area contributed by atoms with Gasteiger partial charge in [-0.15, -0.1) is 0 Å². The molecule has 0 aliphatic carbocycles. The van der Waals surface area contributed by atoms with Crippen LogP contribution in [0.1, 0.15) is 19.8 Å². The van der Waals surface area contributed by atoms with Crippen molar-refractivity contribution in [2.45, 2.75) is 37.9 Å². The molecule has 12 nitrogen and oxygen atoms in total. The van der Waals surface area contributed by atoms with Gasteiger partial charge in [-0.05, 0) is 19.8 Å². The Balaban J connectivity index is 4.87. The van der Waals surface area contributed by atoms with Crippen LogP contribution in [0.5, 0.6) is 0 Å². The van der Waals surface area contributed by atoms with Crippen molar-refractivity contribution in [1.82, 2.24) is 16.0 Å². The summed E-state index contributed by atoms with van der Waals surface area (Å²) in [7, 11) is 0. The van der Waals surface area contributed by atoms with Crippen LogP contribution < -0.4 is 33.2 Å². The number of carboxylic acid groups (broad SMARTS) is 1. The minimum atomic E-state index is -1.26. The number of thiol groups is 1. The smallest absolute Gasteiger partial charge is 0.327 e. The Kier molecular flexibility index (Phi) is 11.6. The third-order valence-corrected chi connectivity index (χ3v) is 3.60. The number of carboxylic acids is 1. The topological polar surface area (TPSA) is 215 Å². The summed E-state index contributed by atoms with van der Waals surface area (Å²) in [5, 5.41) is 16.0. The number of aliphatic imine (C=N–C) groups is 1. The molecule has 0 aromatic rings. The molecule has 0 saturated heterocycles. The number of rotatable bonds is 12. The fraction of sp³-hybridized carbons (Fsp3) is 0.643. The molecule has 0 rings (SSSR count). The molecule has 0 spiro atoms. The minimum absolute atomic E-state index is 0.111. The molecule has 27 heavy (non-hydrogen) atoms. The summed E-state index contributed by atoms with van der Waals surface area (Å²) in [6, 6.07) is -3.04. The lowest BCUT2D eigenvalue weighted by atomic mass is 10.1. The first-order valence-corrected chi connectivity index (χ1v) is 8.73. The second kappa shape index (κ2) is 12.8. The van der Waals surface area contributed by atoms with Gasteiger partial charge in [0, 0.05) is 12.3 Å². The molecule has 0 saturated carbocycles. The average molecular weight is 405 g/mol. The molecule has 13 heteroatoms. The maximum Gasteiger partial charge on any atom is 0.327 e. The Morgan fingerprint density at radius 2 is 1.74 bits per heavy atom. The number of nitrogens with two attached hydrogens (primary N) is 3. The summed E-state index contributed by atoms with van der Waals surface area (Å²) in [6.45, 7) is 1.29. The van der Waals surface area contributed by atoms with E-state index in [1.807, 2.05) is 0 Å². The number of carbonyl (C=O) groups excluding carboxylic acids is 3. The second-order valence-electron chi connectivity index (χ2n) is 5.66. The van der Waals surface area contributed by atoms with Crippen LogP contribution in [0.25, 0.3) is 0 Å². The van der Waals surface area contributed by atoms with Crippen molar-refractivity contribution in [3.8, 4) is 0 Å². The molecular weight excluding hydrogens is 378 g/mol. The molecule has 0 heterocycles. The summed E-state index contributed by atoms with van der Waals surface area (Å²) in [6.07, 6.45) is 0.496. The number of guanidine groups is 1. The number of nitrogens with one attached hydrogen (secondary N) is 3. The average Bonchev–Trinajstić information content (AvgIpc) is 2.59. The van der Waals surface area contributed by atoms with Crippen molar-refractivity contribution in [2.24, 2.45) is 22.2 Å². The van der Waals surface area contributed by atoms with Gasteiger partial charge in [-0.2, -0.15) is 12.6 Å². The predicted molar refractivity (Wildman–Crippen MR) is 102 cm³/mol. The molecule has 3 unspecified atom stereocenters. The first-order chi connectivity index (χ1) is 12.6. The fourth-order valence-corrected chi connectivity index (χ4v) is 2.05. The standard InChI is InChI=1S/C14H27N7O5S/c1-7(15)11(23)19-5-10(22)20-8(3-2-4-18-14(16)17)12(24)21-9(6-27)13(25)26/h7-9,27H,2-6,15H2,1H3,(H,19,23)(H,20,22)(H,21,24)(H,25,26)(H4,16,17,18). The van der Waals surface area contributed by atoms with E-state index in [1.165, 1.54) is 6.92 Å². The van der Waals surface area contributed by atoms with Crippen LogP contribution >= 0.6 is 12.6 Å². The molecule has 0 aromatic heterocycles. The van der Waals surface area contributed by atoms with Crippen molar-refractivity contribution in [3.05, 3.63) is 0 Å². The van der Waals surface area contributed by atoms with Gasteiger partial charge in [-0.25, -0.2) is 4.79 Å². The lowest BCUT2D eigenvalue weighted by molar-refractivity contribution is -0.141. The van der Waals surface area contributed by atoms with Crippen molar-refractivity contribution in [3.63, 3.8) is 0 Å². The van der Waals surface area contributed by atoms with E-state index in [0.29, 0.717) is 6.42 Å². The molecule has 0 aliphatic heterocycles. The maximum atomic E-state index is 12.3. The number of amides is 3. The normalized spacial score (nSPS) is 13.6. The van der Waals surface area contributed by atoms with Gasteiger partial charge in [0.2, 0.25) is 17.7 Å². The summed E-state index contributed by atoms with van der Waals surface area (Å²) in [5.74, 6) is -3.36. The second-order valence-corrected chi connectivity index (χ2v) is 6.02. The van der Waals surface area contributed by atoms with Gasteiger partial charge in [0.05, 0.1) is 12.6 Å². The van der Waals surface area contributed by atoms with Crippen molar-refractivity contribution < 1.29 is 24.3 Å². The van der Waals surface area contributed by atoms with E-state index in [-0.39, 0.29) is 31.2 Å². The van der Waals surface area contributed by atoms with E-state index in [2.05, 4.69) is 33.6 Å². The van der Waals surface area contributed by atoms with E-state index in [4.69, 9.17) is 22.3 Å². The molecule has 3 atom stereocenters. The molecule has 10 N–H and O–H groups in total. The van der Waals surface area contributed by atoms with Crippen LogP contribution in [0.3, 0.4) is 0 Å². The van der Waals surface area contributed by atoms with Gasteiger partial charge in [0.25, 0.3) is 0 Å². The third kappa shape index (κ3) is 10.9. The number of nitrogens with zero attached hydrogens (tertiary/aromatic N) is 1. The Hall–Kier alpha value is -2.54. The quantitative estimate of drug-likeness (QED) is 0.0703. The first-order valence-electron chi connectivity index (χ1n) is 8.10. The SMILES string of the molecule is CC(N)C(=O)NCC(=O)NC(CCCN=C(N)N)C(=O)NC(CS)C(=O)O. The zero-order valence-electron chi connectivity index (χ0n) is 15.0. The molecule has 0 aliphatic rings.